The Morgan fingerprint density at radius 3 is 2.30 bits per heavy atom. The van der Waals surface area contributed by atoms with Gasteiger partial charge in [-0.2, -0.15) is 0 Å². The molecular weight excluding hydrogens is 382 g/mol. The number of rotatable bonds is 6. The molecule has 1 aliphatic rings. The number of carbonyl (C=O) groups is 3. The van der Waals surface area contributed by atoms with E-state index in [1.165, 1.54) is 7.11 Å². The van der Waals surface area contributed by atoms with Gasteiger partial charge in [0.05, 0.1) is 19.2 Å². The lowest BCUT2D eigenvalue weighted by Gasteiger charge is -2.17. The van der Waals surface area contributed by atoms with Crippen molar-refractivity contribution < 1.29 is 19.1 Å². The summed E-state index contributed by atoms with van der Waals surface area (Å²) in [6.07, 6.45) is 2.11. The number of esters is 1. The molecule has 2 amide bonds. The van der Waals surface area contributed by atoms with Gasteiger partial charge in [0.1, 0.15) is 0 Å². The summed E-state index contributed by atoms with van der Waals surface area (Å²) in [6, 6.07) is 10.5. The number of hydrogen-bond donors (Lipinski definition) is 2. The average Bonchev–Trinajstić information content (AvgIpc) is 3.28. The number of hydrogen-bond acceptors (Lipinski definition) is 5. The molecule has 30 heavy (non-hydrogen) atoms. The molecule has 2 aromatic rings. The average molecular weight is 409 g/mol. The Morgan fingerprint density at radius 2 is 1.63 bits per heavy atom. The minimum absolute atomic E-state index is 0.0563. The van der Waals surface area contributed by atoms with Gasteiger partial charge in [0.25, 0.3) is 5.91 Å². The van der Waals surface area contributed by atoms with Crippen molar-refractivity contribution in [3.8, 4) is 0 Å². The summed E-state index contributed by atoms with van der Waals surface area (Å²) in [5.74, 6) is -0.639. The van der Waals surface area contributed by atoms with E-state index < -0.39 is 5.97 Å². The van der Waals surface area contributed by atoms with E-state index in [2.05, 4.69) is 10.6 Å². The van der Waals surface area contributed by atoms with Crippen molar-refractivity contribution in [1.29, 1.82) is 0 Å². The highest BCUT2D eigenvalue weighted by Gasteiger charge is 2.20. The summed E-state index contributed by atoms with van der Waals surface area (Å²) in [5, 5.41) is 5.92. The minimum Gasteiger partial charge on any atom is -0.465 e. The monoisotopic (exact) mass is 409 g/mol. The van der Waals surface area contributed by atoms with E-state index in [0.717, 1.165) is 42.7 Å². The van der Waals surface area contributed by atoms with Crippen molar-refractivity contribution in [2.75, 3.05) is 37.4 Å². The smallest absolute Gasteiger partial charge is 0.337 e. The molecule has 0 aromatic heterocycles. The molecule has 0 unspecified atom stereocenters. The third kappa shape index (κ3) is 4.97. The number of benzene rings is 2. The van der Waals surface area contributed by atoms with Gasteiger partial charge in [-0.05, 0) is 68.1 Å². The molecule has 0 radical (unpaired) electrons. The Morgan fingerprint density at radius 1 is 0.933 bits per heavy atom. The van der Waals surface area contributed by atoms with E-state index in [4.69, 9.17) is 4.74 Å². The van der Waals surface area contributed by atoms with Gasteiger partial charge in [-0.3, -0.25) is 9.59 Å². The summed E-state index contributed by atoms with van der Waals surface area (Å²) in [4.78, 5) is 38.5. The normalized spacial score (nSPS) is 13.1. The fraction of sp³-hybridized carbons (Fsp3) is 0.348. The summed E-state index contributed by atoms with van der Waals surface area (Å²) in [6.45, 7) is 5.45. The number of ether oxygens (including phenoxy) is 1. The predicted octanol–water partition coefficient (Wildman–Crippen LogP) is 3.38. The molecule has 1 saturated heterocycles. The van der Waals surface area contributed by atoms with Crippen LogP contribution in [0.2, 0.25) is 0 Å². The minimum atomic E-state index is -0.456. The first-order valence-electron chi connectivity index (χ1n) is 10.0. The Labute approximate surface area is 176 Å². The topological polar surface area (TPSA) is 87.7 Å². The number of methoxy groups -OCH3 is 1. The number of anilines is 2. The van der Waals surface area contributed by atoms with Crippen LogP contribution >= 0.6 is 0 Å². The summed E-state index contributed by atoms with van der Waals surface area (Å²) < 4.78 is 4.72. The highest BCUT2D eigenvalue weighted by molar-refractivity contribution is 5.97. The van der Waals surface area contributed by atoms with Gasteiger partial charge in [-0.1, -0.05) is 6.07 Å². The van der Waals surface area contributed by atoms with Crippen LogP contribution in [0.3, 0.4) is 0 Å². The number of likely N-dealkylation sites (tertiary alicyclic amines) is 1. The molecule has 2 N–H and O–H groups in total. The van der Waals surface area contributed by atoms with Gasteiger partial charge >= 0.3 is 5.97 Å². The molecule has 2 aromatic carbocycles. The quantitative estimate of drug-likeness (QED) is 0.714. The largest absolute Gasteiger partial charge is 0.465 e. The van der Waals surface area contributed by atoms with Gasteiger partial charge in [-0.15, -0.1) is 0 Å². The zero-order valence-corrected chi connectivity index (χ0v) is 17.6. The van der Waals surface area contributed by atoms with E-state index in [1.807, 2.05) is 30.9 Å². The van der Waals surface area contributed by atoms with Crippen molar-refractivity contribution in [1.82, 2.24) is 4.90 Å². The van der Waals surface area contributed by atoms with Crippen LogP contribution in [0.1, 0.15) is 44.7 Å². The van der Waals surface area contributed by atoms with E-state index >= 15 is 0 Å². The fourth-order valence-electron chi connectivity index (χ4n) is 3.47. The molecular formula is C23H27N3O4. The van der Waals surface area contributed by atoms with E-state index in [9.17, 15) is 14.4 Å². The van der Waals surface area contributed by atoms with Crippen LogP contribution in [0, 0.1) is 13.8 Å². The van der Waals surface area contributed by atoms with Crippen LogP contribution in [-0.4, -0.2) is 49.4 Å². The Kier molecular flexibility index (Phi) is 6.72. The van der Waals surface area contributed by atoms with Crippen molar-refractivity contribution in [2.45, 2.75) is 26.7 Å². The molecule has 0 bridgehead atoms. The van der Waals surface area contributed by atoms with Crippen molar-refractivity contribution in [3.63, 3.8) is 0 Å². The third-order valence-electron chi connectivity index (χ3n) is 5.24. The first-order chi connectivity index (χ1) is 14.4. The van der Waals surface area contributed by atoms with Gasteiger partial charge in [0.2, 0.25) is 5.91 Å². The first kappa shape index (κ1) is 21.4. The van der Waals surface area contributed by atoms with Gasteiger partial charge < -0.3 is 20.3 Å². The number of nitrogens with one attached hydrogen (secondary N) is 2. The van der Waals surface area contributed by atoms with Gasteiger partial charge in [0.15, 0.2) is 0 Å². The summed E-state index contributed by atoms with van der Waals surface area (Å²) >= 11 is 0. The molecule has 0 atom stereocenters. The van der Waals surface area contributed by atoms with Crippen LogP contribution in [0.15, 0.2) is 36.4 Å². The second-order valence-corrected chi connectivity index (χ2v) is 7.45. The molecule has 0 spiro atoms. The standard InChI is InChI=1S/C23H27N3O4/c1-15-6-7-18(23(29)30-3)13-20(15)25-21(27)14-24-19-9-8-17(12-16(19)2)22(28)26-10-4-5-11-26/h6-9,12-13,24H,4-5,10-11,14H2,1-3H3,(H,25,27). The third-order valence-corrected chi connectivity index (χ3v) is 5.24. The number of amides is 2. The van der Waals surface area contributed by atoms with Crippen LogP contribution in [0.25, 0.3) is 0 Å². The van der Waals surface area contributed by atoms with E-state index in [-0.39, 0.29) is 18.4 Å². The highest BCUT2D eigenvalue weighted by atomic mass is 16.5. The highest BCUT2D eigenvalue weighted by Crippen LogP contribution is 2.20. The second-order valence-electron chi connectivity index (χ2n) is 7.45. The number of aryl methyl sites for hydroxylation is 2. The van der Waals surface area contributed by atoms with Crippen molar-refractivity contribution >= 4 is 29.2 Å². The predicted molar refractivity (Wildman–Crippen MR) is 116 cm³/mol. The summed E-state index contributed by atoms with van der Waals surface area (Å²) in [7, 11) is 1.32. The molecule has 7 heteroatoms. The lowest BCUT2D eigenvalue weighted by molar-refractivity contribution is -0.114. The molecule has 1 heterocycles. The van der Waals surface area contributed by atoms with Crippen LogP contribution in [-0.2, 0) is 9.53 Å². The van der Waals surface area contributed by atoms with Crippen LogP contribution in [0.5, 0.6) is 0 Å². The molecule has 1 aliphatic heterocycles. The van der Waals surface area contributed by atoms with Gasteiger partial charge in [0, 0.05) is 30.0 Å². The Bertz CT molecular complexity index is 965. The summed E-state index contributed by atoms with van der Waals surface area (Å²) in [5.41, 5.74) is 4.14. The second kappa shape index (κ2) is 9.43. The Balaban J connectivity index is 1.61. The molecule has 7 nitrogen and oxygen atoms in total. The molecule has 0 saturated carbocycles. The first-order valence-corrected chi connectivity index (χ1v) is 10.0. The maximum absolute atomic E-state index is 12.5. The van der Waals surface area contributed by atoms with E-state index in [1.54, 1.807) is 24.3 Å². The van der Waals surface area contributed by atoms with E-state index in [0.29, 0.717) is 16.8 Å². The molecule has 1 fully saturated rings. The lowest BCUT2D eigenvalue weighted by Crippen LogP contribution is -2.27. The molecule has 158 valence electrons. The Hall–Kier alpha value is -3.35. The molecule has 3 rings (SSSR count). The zero-order chi connectivity index (χ0) is 21.7. The van der Waals surface area contributed by atoms with Crippen LogP contribution < -0.4 is 10.6 Å². The molecule has 0 aliphatic carbocycles. The van der Waals surface area contributed by atoms with Gasteiger partial charge in [-0.25, -0.2) is 4.79 Å². The fourth-order valence-corrected chi connectivity index (χ4v) is 3.47. The number of carbonyl (C=O) groups excluding carboxylic acids is 3. The number of nitrogens with zero attached hydrogens (tertiary/aromatic N) is 1. The van der Waals surface area contributed by atoms with Crippen molar-refractivity contribution in [2.24, 2.45) is 0 Å². The lowest BCUT2D eigenvalue weighted by atomic mass is 10.1. The maximum atomic E-state index is 12.5. The zero-order valence-electron chi connectivity index (χ0n) is 17.6. The maximum Gasteiger partial charge on any atom is 0.337 e. The van der Waals surface area contributed by atoms with Crippen molar-refractivity contribution in [3.05, 3.63) is 58.7 Å². The van der Waals surface area contributed by atoms with Crippen LogP contribution in [0.4, 0.5) is 11.4 Å². The SMILES string of the molecule is COC(=O)c1ccc(C)c(NC(=O)CNc2ccc(C(=O)N3CCCC3)cc2C)c1.